The summed E-state index contributed by atoms with van der Waals surface area (Å²) in [6.45, 7) is 5.00. The summed E-state index contributed by atoms with van der Waals surface area (Å²) in [5.74, 6) is 1.80. The first-order valence-corrected chi connectivity index (χ1v) is 8.54. The molecule has 4 nitrogen and oxygen atoms in total. The van der Waals surface area contributed by atoms with Crippen LogP contribution in [0.15, 0.2) is 0 Å². The van der Waals surface area contributed by atoms with Gasteiger partial charge in [0, 0.05) is 13.7 Å². The first kappa shape index (κ1) is 15.9. The second kappa shape index (κ2) is 7.02. The number of anilines is 1. The molecule has 1 aliphatic rings. The predicted molar refractivity (Wildman–Crippen MR) is 90.0 cm³/mol. The largest absolute Gasteiger partial charge is 0.370 e. The maximum absolute atomic E-state index is 5.92. The molecule has 1 N–H and O–H groups in total. The van der Waals surface area contributed by atoms with Gasteiger partial charge in [-0.05, 0) is 49.3 Å². The van der Waals surface area contributed by atoms with Crippen molar-refractivity contribution in [2.75, 3.05) is 19.0 Å². The van der Waals surface area contributed by atoms with E-state index in [1.807, 2.05) is 6.92 Å². The Morgan fingerprint density at radius 3 is 2.40 bits per heavy atom. The zero-order valence-electron chi connectivity index (χ0n) is 12.6. The van der Waals surface area contributed by atoms with Gasteiger partial charge in [0.15, 0.2) is 5.82 Å². The van der Waals surface area contributed by atoms with Crippen molar-refractivity contribution in [3.05, 3.63) is 15.1 Å². The van der Waals surface area contributed by atoms with Crippen LogP contribution in [-0.2, 0) is 10.3 Å². The molecule has 0 atom stereocenters. The second-order valence-electron chi connectivity index (χ2n) is 5.44. The number of halogens is 1. The van der Waals surface area contributed by atoms with E-state index in [0.29, 0.717) is 0 Å². The molecule has 112 valence electrons. The van der Waals surface area contributed by atoms with Crippen LogP contribution in [0.5, 0.6) is 0 Å². The summed E-state index contributed by atoms with van der Waals surface area (Å²) in [7, 11) is 1.80. The maximum atomic E-state index is 5.92. The van der Waals surface area contributed by atoms with Crippen LogP contribution < -0.4 is 5.32 Å². The van der Waals surface area contributed by atoms with Gasteiger partial charge in [-0.3, -0.25) is 0 Å². The van der Waals surface area contributed by atoms with Gasteiger partial charge >= 0.3 is 0 Å². The average Bonchev–Trinajstić information content (AvgIpc) is 2.70. The predicted octanol–water partition coefficient (Wildman–Crippen LogP) is 4.02. The van der Waals surface area contributed by atoms with E-state index in [1.165, 1.54) is 25.7 Å². The lowest BCUT2D eigenvalue weighted by Crippen LogP contribution is -2.31. The minimum absolute atomic E-state index is 0.296. The Morgan fingerprint density at radius 1 is 1.20 bits per heavy atom. The van der Waals surface area contributed by atoms with E-state index >= 15 is 0 Å². The molecule has 0 aromatic carbocycles. The summed E-state index contributed by atoms with van der Waals surface area (Å²) in [6, 6.07) is 0. The lowest BCUT2D eigenvalue weighted by molar-refractivity contribution is -0.0352. The van der Waals surface area contributed by atoms with Crippen LogP contribution in [0.2, 0.25) is 0 Å². The molecule has 0 amide bonds. The van der Waals surface area contributed by atoms with Crippen molar-refractivity contribution >= 4 is 28.4 Å². The summed E-state index contributed by atoms with van der Waals surface area (Å²) in [5, 5.41) is 3.34. The van der Waals surface area contributed by atoms with Gasteiger partial charge in [-0.25, -0.2) is 9.97 Å². The zero-order chi connectivity index (χ0) is 14.6. The SMILES string of the molecule is CCNc1nc(C2(OC)CCCCCC2)nc(C)c1I. The van der Waals surface area contributed by atoms with Crippen molar-refractivity contribution in [1.82, 2.24) is 9.97 Å². The van der Waals surface area contributed by atoms with Crippen LogP contribution in [0.4, 0.5) is 5.82 Å². The van der Waals surface area contributed by atoms with Gasteiger partial charge in [-0.1, -0.05) is 25.7 Å². The van der Waals surface area contributed by atoms with Crippen molar-refractivity contribution < 1.29 is 4.74 Å². The Hall–Kier alpha value is -0.430. The molecule has 5 heteroatoms. The van der Waals surface area contributed by atoms with Gasteiger partial charge < -0.3 is 10.1 Å². The fourth-order valence-electron chi connectivity index (χ4n) is 2.87. The topological polar surface area (TPSA) is 47.0 Å². The first-order valence-electron chi connectivity index (χ1n) is 7.46. The van der Waals surface area contributed by atoms with Gasteiger partial charge in [-0.2, -0.15) is 0 Å². The molecule has 1 aliphatic carbocycles. The van der Waals surface area contributed by atoms with Crippen LogP contribution >= 0.6 is 22.6 Å². The monoisotopic (exact) mass is 389 g/mol. The third-order valence-electron chi connectivity index (χ3n) is 4.07. The van der Waals surface area contributed by atoms with Crippen LogP contribution in [-0.4, -0.2) is 23.6 Å². The molecule has 0 unspecified atom stereocenters. The fourth-order valence-corrected chi connectivity index (χ4v) is 3.30. The number of hydrogen-bond donors (Lipinski definition) is 1. The van der Waals surface area contributed by atoms with Gasteiger partial charge in [0.1, 0.15) is 11.4 Å². The van der Waals surface area contributed by atoms with Gasteiger partial charge in [0.25, 0.3) is 0 Å². The third kappa shape index (κ3) is 3.24. The van der Waals surface area contributed by atoms with Crippen molar-refractivity contribution in [3.8, 4) is 0 Å². The maximum Gasteiger partial charge on any atom is 0.162 e. The molecule has 1 fully saturated rings. The van der Waals surface area contributed by atoms with E-state index in [-0.39, 0.29) is 5.60 Å². The van der Waals surface area contributed by atoms with E-state index in [2.05, 4.69) is 34.8 Å². The summed E-state index contributed by atoms with van der Waals surface area (Å²) in [5.41, 5.74) is 0.739. The average molecular weight is 389 g/mol. The Morgan fingerprint density at radius 2 is 1.85 bits per heavy atom. The summed E-state index contributed by atoms with van der Waals surface area (Å²) < 4.78 is 7.02. The molecule has 1 saturated carbocycles. The Balaban J connectivity index is 2.43. The number of nitrogens with one attached hydrogen (secondary N) is 1. The summed E-state index contributed by atoms with van der Waals surface area (Å²) >= 11 is 2.31. The normalized spacial score (nSPS) is 18.6. The van der Waals surface area contributed by atoms with E-state index in [9.17, 15) is 0 Å². The Kier molecular flexibility index (Phi) is 5.60. The zero-order valence-corrected chi connectivity index (χ0v) is 14.8. The van der Waals surface area contributed by atoms with Gasteiger partial charge in [0.2, 0.25) is 0 Å². The molecule has 1 aromatic heterocycles. The highest BCUT2D eigenvalue weighted by Gasteiger charge is 2.36. The summed E-state index contributed by atoms with van der Waals surface area (Å²) in [6.07, 6.45) is 7.00. The van der Waals surface area contributed by atoms with Crippen LogP contribution in [0.3, 0.4) is 0 Å². The Labute approximate surface area is 135 Å². The van der Waals surface area contributed by atoms with E-state index < -0.39 is 0 Å². The number of hydrogen-bond acceptors (Lipinski definition) is 4. The number of nitrogens with zero attached hydrogens (tertiary/aromatic N) is 2. The molecule has 0 radical (unpaired) electrons. The lowest BCUT2D eigenvalue weighted by Gasteiger charge is -2.30. The molecule has 20 heavy (non-hydrogen) atoms. The molecule has 0 bridgehead atoms. The third-order valence-corrected chi connectivity index (χ3v) is 5.36. The van der Waals surface area contributed by atoms with Crippen molar-refractivity contribution in [1.29, 1.82) is 0 Å². The molecule has 0 saturated heterocycles. The molecular formula is C15H24IN3O. The Bertz CT molecular complexity index is 457. The first-order chi connectivity index (χ1) is 9.63. The van der Waals surface area contributed by atoms with Gasteiger partial charge in [0.05, 0.1) is 9.26 Å². The summed E-state index contributed by atoms with van der Waals surface area (Å²) in [4.78, 5) is 9.52. The number of methoxy groups -OCH3 is 1. The number of aryl methyl sites for hydroxylation is 1. The van der Waals surface area contributed by atoms with Crippen LogP contribution in [0.25, 0.3) is 0 Å². The minimum Gasteiger partial charge on any atom is -0.370 e. The van der Waals surface area contributed by atoms with Gasteiger partial charge in [-0.15, -0.1) is 0 Å². The molecule has 0 spiro atoms. The van der Waals surface area contributed by atoms with E-state index in [0.717, 1.165) is 40.3 Å². The van der Waals surface area contributed by atoms with Crippen molar-refractivity contribution in [2.45, 2.75) is 58.0 Å². The van der Waals surface area contributed by atoms with Crippen LogP contribution in [0, 0.1) is 10.5 Å². The molecule has 1 heterocycles. The highest BCUT2D eigenvalue weighted by atomic mass is 127. The second-order valence-corrected chi connectivity index (χ2v) is 6.52. The van der Waals surface area contributed by atoms with Crippen molar-refractivity contribution in [3.63, 3.8) is 0 Å². The molecule has 1 aromatic rings. The highest BCUT2D eigenvalue weighted by molar-refractivity contribution is 14.1. The number of rotatable bonds is 4. The van der Waals surface area contributed by atoms with E-state index in [4.69, 9.17) is 14.7 Å². The number of aromatic nitrogens is 2. The minimum atomic E-state index is -0.296. The van der Waals surface area contributed by atoms with E-state index in [1.54, 1.807) is 7.11 Å². The lowest BCUT2D eigenvalue weighted by atomic mass is 9.93. The quantitative estimate of drug-likeness (QED) is 0.624. The fraction of sp³-hybridized carbons (Fsp3) is 0.733. The molecule has 2 rings (SSSR count). The standard InChI is InChI=1S/C15H24IN3O/c1-4-17-13-12(16)11(2)18-14(19-13)15(20-3)9-7-5-6-8-10-15/h4-10H2,1-3H3,(H,17,18,19). The number of ether oxygens (including phenoxy) is 1. The molecule has 0 aliphatic heterocycles. The smallest absolute Gasteiger partial charge is 0.162 e. The highest BCUT2D eigenvalue weighted by Crippen LogP contribution is 2.38. The van der Waals surface area contributed by atoms with Crippen molar-refractivity contribution in [2.24, 2.45) is 0 Å². The molecular weight excluding hydrogens is 365 g/mol. The van der Waals surface area contributed by atoms with Crippen LogP contribution in [0.1, 0.15) is 57.0 Å².